The van der Waals surface area contributed by atoms with E-state index in [1.807, 2.05) is 16.6 Å². The van der Waals surface area contributed by atoms with E-state index in [9.17, 15) is 0 Å². The number of ether oxygens (including phenoxy) is 1. The van der Waals surface area contributed by atoms with Crippen molar-refractivity contribution in [1.29, 1.82) is 0 Å². The van der Waals surface area contributed by atoms with E-state index < -0.39 is 0 Å². The Morgan fingerprint density at radius 3 is 2.83 bits per heavy atom. The average Bonchev–Trinajstić information content (AvgIpc) is 2.45. The normalized spacial score (nSPS) is 16.2. The molecule has 1 aromatic heterocycles. The fourth-order valence-corrected chi connectivity index (χ4v) is 1.82. The summed E-state index contributed by atoms with van der Waals surface area (Å²) in [6, 6.07) is 0. The lowest BCUT2D eigenvalue weighted by Crippen LogP contribution is -2.37. The van der Waals surface area contributed by atoms with Crippen molar-refractivity contribution >= 4 is 30.0 Å². The molecular formula is C9H14N6O2S. The number of nitrogens with zero attached hydrogens (tertiary/aromatic N) is 5. The van der Waals surface area contributed by atoms with Crippen molar-refractivity contribution in [2.75, 3.05) is 37.5 Å². The first-order valence-electron chi connectivity index (χ1n) is 5.38. The zero-order chi connectivity index (χ0) is 12.8. The Labute approximate surface area is 108 Å². The molecule has 1 aliphatic rings. The predicted molar refractivity (Wildman–Crippen MR) is 67.7 cm³/mol. The van der Waals surface area contributed by atoms with Gasteiger partial charge in [-0.15, -0.1) is 0 Å². The summed E-state index contributed by atoms with van der Waals surface area (Å²) in [4.78, 5) is 18.6. The molecule has 1 aliphatic heterocycles. The van der Waals surface area contributed by atoms with Gasteiger partial charge in [-0.1, -0.05) is 11.8 Å². The number of morpholine rings is 1. The molecule has 2 rings (SSSR count). The Morgan fingerprint density at radius 2 is 2.17 bits per heavy atom. The first-order chi connectivity index (χ1) is 8.83. The molecule has 2 heterocycles. The standard InChI is InChI=1S/C9H14N6O2S/c1-18-9-13-7(10-6-11-16)12-8(14-9)15-2-4-17-5-3-15/h6,16H,2-5H2,1H3,(H,10,11,12,13,14). The van der Waals surface area contributed by atoms with Crippen LogP contribution in [0, 0.1) is 0 Å². The van der Waals surface area contributed by atoms with Crippen molar-refractivity contribution in [2.24, 2.45) is 4.99 Å². The van der Waals surface area contributed by atoms with Gasteiger partial charge >= 0.3 is 0 Å². The summed E-state index contributed by atoms with van der Waals surface area (Å²) in [6.45, 7) is 2.83. The summed E-state index contributed by atoms with van der Waals surface area (Å²) in [5, 5.41) is 9.06. The van der Waals surface area contributed by atoms with Crippen LogP contribution in [0.1, 0.15) is 0 Å². The minimum Gasteiger partial charge on any atom is -0.378 e. The van der Waals surface area contributed by atoms with Gasteiger partial charge in [-0.25, -0.2) is 0 Å². The Balaban J connectivity index is 2.24. The van der Waals surface area contributed by atoms with Crippen LogP contribution in [-0.4, -0.2) is 59.1 Å². The molecule has 2 N–H and O–H groups in total. The Morgan fingerprint density at radius 1 is 1.39 bits per heavy atom. The second-order valence-electron chi connectivity index (χ2n) is 3.41. The van der Waals surface area contributed by atoms with E-state index in [0.29, 0.717) is 24.3 Å². The molecule has 0 atom stereocenters. The topological polar surface area (TPSA) is 95.8 Å². The van der Waals surface area contributed by atoms with E-state index in [0.717, 1.165) is 19.4 Å². The maximum absolute atomic E-state index is 8.47. The number of nitrogens with one attached hydrogen (secondary N) is 1. The highest BCUT2D eigenvalue weighted by Gasteiger charge is 2.15. The second-order valence-corrected chi connectivity index (χ2v) is 4.18. The number of hydroxylamine groups is 1. The van der Waals surface area contributed by atoms with Gasteiger partial charge in [-0.2, -0.15) is 19.9 Å². The van der Waals surface area contributed by atoms with Crippen molar-refractivity contribution in [3.63, 3.8) is 0 Å². The summed E-state index contributed by atoms with van der Waals surface area (Å²) in [6.07, 6.45) is 3.00. The SMILES string of the molecule is CSc1nc(/N=C/NO)nc(N2CCOCC2)n1. The van der Waals surface area contributed by atoms with Crippen LogP contribution >= 0.6 is 11.8 Å². The fourth-order valence-electron chi connectivity index (χ4n) is 1.48. The zero-order valence-corrected chi connectivity index (χ0v) is 10.7. The highest BCUT2D eigenvalue weighted by atomic mass is 32.2. The minimum absolute atomic E-state index is 0.261. The van der Waals surface area contributed by atoms with Gasteiger partial charge in [0.1, 0.15) is 6.34 Å². The summed E-state index contributed by atoms with van der Waals surface area (Å²) in [5.74, 6) is 0.847. The van der Waals surface area contributed by atoms with Crippen LogP contribution in [0.3, 0.4) is 0 Å². The predicted octanol–water partition coefficient (Wildman–Crippen LogP) is 0.0687. The van der Waals surface area contributed by atoms with Gasteiger partial charge < -0.3 is 9.64 Å². The fraction of sp³-hybridized carbons (Fsp3) is 0.556. The van der Waals surface area contributed by atoms with Gasteiger partial charge in [0, 0.05) is 13.1 Å². The van der Waals surface area contributed by atoms with Crippen molar-refractivity contribution in [2.45, 2.75) is 5.16 Å². The van der Waals surface area contributed by atoms with Crippen molar-refractivity contribution in [3.05, 3.63) is 0 Å². The van der Waals surface area contributed by atoms with E-state index in [1.54, 1.807) is 0 Å². The summed E-state index contributed by atoms with van der Waals surface area (Å²) >= 11 is 1.42. The third-order valence-electron chi connectivity index (χ3n) is 2.31. The van der Waals surface area contributed by atoms with Crippen LogP contribution in [0.15, 0.2) is 10.1 Å². The molecule has 18 heavy (non-hydrogen) atoms. The van der Waals surface area contributed by atoms with Crippen molar-refractivity contribution in [1.82, 2.24) is 20.4 Å². The van der Waals surface area contributed by atoms with Gasteiger partial charge in [-0.3, -0.25) is 10.7 Å². The number of rotatable bonds is 4. The van der Waals surface area contributed by atoms with Gasteiger partial charge in [0.2, 0.25) is 5.95 Å². The molecule has 0 amide bonds. The molecule has 0 spiro atoms. The first kappa shape index (κ1) is 13.0. The maximum Gasteiger partial charge on any atom is 0.256 e. The molecule has 1 fully saturated rings. The lowest BCUT2D eigenvalue weighted by Gasteiger charge is -2.26. The van der Waals surface area contributed by atoms with E-state index in [4.69, 9.17) is 9.94 Å². The number of thioether (sulfide) groups is 1. The third kappa shape index (κ3) is 3.28. The van der Waals surface area contributed by atoms with Crippen LogP contribution in [0.2, 0.25) is 0 Å². The van der Waals surface area contributed by atoms with E-state index in [1.165, 1.54) is 11.8 Å². The van der Waals surface area contributed by atoms with Crippen molar-refractivity contribution < 1.29 is 9.94 Å². The number of hydrogen-bond acceptors (Lipinski definition) is 8. The largest absolute Gasteiger partial charge is 0.378 e. The van der Waals surface area contributed by atoms with Crippen LogP contribution in [0.5, 0.6) is 0 Å². The van der Waals surface area contributed by atoms with Crippen LogP contribution in [-0.2, 0) is 4.74 Å². The highest BCUT2D eigenvalue weighted by Crippen LogP contribution is 2.18. The lowest BCUT2D eigenvalue weighted by molar-refractivity contribution is 0.122. The molecule has 98 valence electrons. The molecule has 8 nitrogen and oxygen atoms in total. The first-order valence-corrected chi connectivity index (χ1v) is 6.61. The number of aliphatic imine (C=N–C) groups is 1. The quantitative estimate of drug-likeness (QED) is 0.343. The van der Waals surface area contributed by atoms with E-state index in [2.05, 4.69) is 19.9 Å². The molecule has 0 unspecified atom stereocenters. The highest BCUT2D eigenvalue weighted by molar-refractivity contribution is 7.98. The molecule has 1 aromatic rings. The smallest absolute Gasteiger partial charge is 0.256 e. The summed E-state index contributed by atoms with van der Waals surface area (Å²) in [5.41, 5.74) is 1.82. The van der Waals surface area contributed by atoms with Gasteiger partial charge in [-0.05, 0) is 6.26 Å². The van der Waals surface area contributed by atoms with Crippen LogP contribution in [0.25, 0.3) is 0 Å². The van der Waals surface area contributed by atoms with Crippen molar-refractivity contribution in [3.8, 4) is 0 Å². The Hall–Kier alpha value is -1.45. The molecule has 0 aromatic carbocycles. The summed E-state index contributed by atoms with van der Waals surface area (Å²) in [7, 11) is 0. The molecule has 0 bridgehead atoms. The second kappa shape index (κ2) is 6.47. The van der Waals surface area contributed by atoms with Gasteiger partial charge in [0.15, 0.2) is 5.16 Å². The van der Waals surface area contributed by atoms with Gasteiger partial charge in [0.05, 0.1) is 13.2 Å². The van der Waals surface area contributed by atoms with Crippen LogP contribution in [0.4, 0.5) is 11.9 Å². The Bertz CT molecular complexity index is 424. The molecule has 0 aliphatic carbocycles. The molecule has 0 saturated carbocycles. The van der Waals surface area contributed by atoms with Gasteiger partial charge in [0.25, 0.3) is 5.95 Å². The number of hydrogen-bond donors (Lipinski definition) is 2. The minimum atomic E-state index is 0.261. The molecular weight excluding hydrogens is 256 g/mol. The zero-order valence-electron chi connectivity index (χ0n) is 9.91. The monoisotopic (exact) mass is 270 g/mol. The maximum atomic E-state index is 8.47. The van der Waals surface area contributed by atoms with E-state index in [-0.39, 0.29) is 5.95 Å². The third-order valence-corrected chi connectivity index (χ3v) is 2.85. The van der Waals surface area contributed by atoms with Crippen LogP contribution < -0.4 is 10.4 Å². The molecule has 9 heteroatoms. The molecule has 0 radical (unpaired) electrons. The molecule has 1 saturated heterocycles. The number of aromatic nitrogens is 3. The summed E-state index contributed by atoms with van der Waals surface area (Å²) < 4.78 is 5.28. The lowest BCUT2D eigenvalue weighted by atomic mass is 10.4. The Kier molecular flexibility index (Phi) is 4.67. The van der Waals surface area contributed by atoms with E-state index >= 15 is 0 Å². The number of anilines is 1. The average molecular weight is 270 g/mol.